The van der Waals surface area contributed by atoms with E-state index in [1.165, 1.54) is 12.1 Å². The number of aliphatic hydroxyl groups excluding tert-OH is 4. The number of benzene rings is 2. The molecule has 1 aliphatic rings. The molecule has 1 fully saturated rings. The van der Waals surface area contributed by atoms with Crippen LogP contribution in [0.15, 0.2) is 48.7 Å². The fourth-order valence-corrected chi connectivity index (χ4v) is 4.30. The summed E-state index contributed by atoms with van der Waals surface area (Å²) in [7, 11) is 0. The Bertz CT molecular complexity index is 1060. The van der Waals surface area contributed by atoms with E-state index in [0.717, 1.165) is 11.1 Å². The Morgan fingerprint density at radius 3 is 2.35 bits per heavy atom. The highest BCUT2D eigenvalue weighted by Gasteiger charge is 2.44. The molecule has 1 aromatic heterocycles. The van der Waals surface area contributed by atoms with E-state index in [1.807, 2.05) is 0 Å². The molecule has 0 unspecified atom stereocenters. The first-order valence-corrected chi connectivity index (χ1v) is 10.1. The highest BCUT2D eigenvalue weighted by atomic mass is 35.5. The molecule has 3 aromatic rings. The number of halogens is 3. The molecule has 5 atom stereocenters. The van der Waals surface area contributed by atoms with Gasteiger partial charge in [-0.2, -0.15) is 0 Å². The lowest BCUT2D eigenvalue weighted by molar-refractivity contribution is -0.250. The average molecular weight is 454 g/mol. The molecule has 1 aliphatic heterocycles. The number of hydrogen-bond donors (Lipinski definition) is 4. The third-order valence-corrected chi connectivity index (χ3v) is 5.97. The van der Waals surface area contributed by atoms with Crippen molar-refractivity contribution in [1.82, 2.24) is 4.57 Å². The van der Waals surface area contributed by atoms with Gasteiger partial charge in [-0.3, -0.25) is 0 Å². The predicted octanol–water partition coefficient (Wildman–Crippen LogP) is 2.80. The largest absolute Gasteiger partial charge is 0.394 e. The Kier molecular flexibility index (Phi) is 6.30. The van der Waals surface area contributed by atoms with Crippen molar-refractivity contribution in [2.24, 2.45) is 0 Å². The summed E-state index contributed by atoms with van der Waals surface area (Å²) in [4.78, 5) is 0. The Labute approximate surface area is 181 Å². The van der Waals surface area contributed by atoms with Gasteiger partial charge in [-0.1, -0.05) is 41.9 Å². The minimum absolute atomic E-state index is 0.0643. The minimum atomic E-state index is -2.54. The van der Waals surface area contributed by atoms with Gasteiger partial charge in [0.05, 0.1) is 17.1 Å². The molecule has 0 spiro atoms. The van der Waals surface area contributed by atoms with Gasteiger partial charge in [-0.15, -0.1) is 0 Å². The second-order valence-corrected chi connectivity index (χ2v) is 8.04. The molecule has 166 valence electrons. The molecule has 0 saturated carbocycles. The van der Waals surface area contributed by atoms with E-state index >= 15 is 0 Å². The van der Waals surface area contributed by atoms with Crippen molar-refractivity contribution in [1.29, 1.82) is 0 Å². The van der Waals surface area contributed by atoms with E-state index in [0.29, 0.717) is 22.3 Å². The molecule has 2 aromatic carbocycles. The van der Waals surface area contributed by atoms with Crippen LogP contribution in [-0.4, -0.2) is 56.0 Å². The normalized spacial score (nSPS) is 26.6. The SMILES string of the molecule is OC[C@H]1O[C@@H](n2cc(Cc3ccc(C(F)F)cc3)c3c(Cl)cccc32)[C@H](O)[C@@H](O)[C@@H]1O. The van der Waals surface area contributed by atoms with Crippen LogP contribution in [0.1, 0.15) is 29.3 Å². The van der Waals surface area contributed by atoms with Crippen LogP contribution < -0.4 is 0 Å². The van der Waals surface area contributed by atoms with Crippen molar-refractivity contribution in [3.63, 3.8) is 0 Å². The lowest BCUT2D eigenvalue weighted by atomic mass is 9.98. The number of ether oxygens (including phenoxy) is 1. The van der Waals surface area contributed by atoms with E-state index in [1.54, 1.807) is 41.1 Å². The Morgan fingerprint density at radius 1 is 1.00 bits per heavy atom. The van der Waals surface area contributed by atoms with E-state index in [9.17, 15) is 29.2 Å². The van der Waals surface area contributed by atoms with Crippen LogP contribution >= 0.6 is 11.6 Å². The molecule has 0 bridgehead atoms. The number of alkyl halides is 2. The zero-order chi connectivity index (χ0) is 22.3. The molecule has 6 nitrogen and oxygen atoms in total. The Hall–Kier alpha value is -2.07. The van der Waals surface area contributed by atoms with Gasteiger partial charge >= 0.3 is 0 Å². The molecule has 0 amide bonds. The minimum Gasteiger partial charge on any atom is -0.394 e. The van der Waals surface area contributed by atoms with Crippen molar-refractivity contribution in [2.45, 2.75) is 43.5 Å². The highest BCUT2D eigenvalue weighted by molar-refractivity contribution is 6.35. The summed E-state index contributed by atoms with van der Waals surface area (Å²) in [6.07, 6.45) is -7.01. The van der Waals surface area contributed by atoms with Gasteiger partial charge in [-0.05, 0) is 29.7 Å². The number of hydrogen-bond acceptors (Lipinski definition) is 5. The molecule has 0 aliphatic carbocycles. The lowest BCUT2D eigenvalue weighted by Crippen LogP contribution is -2.56. The van der Waals surface area contributed by atoms with Gasteiger partial charge in [-0.25, -0.2) is 8.78 Å². The second-order valence-electron chi connectivity index (χ2n) is 7.63. The smallest absolute Gasteiger partial charge is 0.263 e. The van der Waals surface area contributed by atoms with Crippen LogP contribution in [0.2, 0.25) is 5.02 Å². The quantitative estimate of drug-likeness (QED) is 0.476. The topological polar surface area (TPSA) is 95.1 Å². The summed E-state index contributed by atoms with van der Waals surface area (Å²) in [5.41, 5.74) is 2.11. The van der Waals surface area contributed by atoms with Crippen LogP contribution in [0.25, 0.3) is 10.9 Å². The molecular weight excluding hydrogens is 432 g/mol. The van der Waals surface area contributed by atoms with Gasteiger partial charge in [0.25, 0.3) is 6.43 Å². The number of nitrogens with zero attached hydrogens (tertiary/aromatic N) is 1. The van der Waals surface area contributed by atoms with Gasteiger partial charge in [0.2, 0.25) is 0 Å². The molecule has 2 heterocycles. The van der Waals surface area contributed by atoms with Crippen LogP contribution in [0.4, 0.5) is 8.78 Å². The van der Waals surface area contributed by atoms with Crippen LogP contribution in [0.3, 0.4) is 0 Å². The first-order valence-electron chi connectivity index (χ1n) is 9.77. The fourth-order valence-electron chi connectivity index (χ4n) is 4.01. The summed E-state index contributed by atoms with van der Waals surface area (Å²) in [5.74, 6) is 0. The van der Waals surface area contributed by atoms with Crippen molar-refractivity contribution in [3.8, 4) is 0 Å². The molecule has 31 heavy (non-hydrogen) atoms. The Balaban J connectivity index is 1.75. The van der Waals surface area contributed by atoms with Crippen LogP contribution in [-0.2, 0) is 11.2 Å². The monoisotopic (exact) mass is 453 g/mol. The van der Waals surface area contributed by atoms with Crippen molar-refractivity contribution >= 4 is 22.5 Å². The Morgan fingerprint density at radius 2 is 1.71 bits per heavy atom. The van der Waals surface area contributed by atoms with E-state index in [4.69, 9.17) is 16.3 Å². The molecular formula is C22H22ClF2NO5. The second kappa shape index (κ2) is 8.82. The molecule has 9 heteroatoms. The molecule has 1 saturated heterocycles. The summed E-state index contributed by atoms with van der Waals surface area (Å²) >= 11 is 6.45. The summed E-state index contributed by atoms with van der Waals surface area (Å²) < 4.78 is 33.0. The number of rotatable bonds is 5. The van der Waals surface area contributed by atoms with E-state index in [-0.39, 0.29) is 5.56 Å². The summed E-state index contributed by atoms with van der Waals surface area (Å²) in [6, 6.07) is 11.2. The number of aliphatic hydroxyl groups is 4. The maximum absolute atomic E-state index is 12.8. The summed E-state index contributed by atoms with van der Waals surface area (Å²) in [5, 5.41) is 41.4. The highest BCUT2D eigenvalue weighted by Crippen LogP contribution is 2.36. The van der Waals surface area contributed by atoms with Crippen molar-refractivity contribution in [2.75, 3.05) is 6.61 Å². The van der Waals surface area contributed by atoms with Gasteiger partial charge < -0.3 is 29.7 Å². The number of aromatic nitrogens is 1. The molecule has 4 rings (SSSR count). The van der Waals surface area contributed by atoms with Crippen molar-refractivity contribution in [3.05, 3.63) is 70.4 Å². The third-order valence-electron chi connectivity index (χ3n) is 5.65. The van der Waals surface area contributed by atoms with Crippen LogP contribution in [0, 0.1) is 0 Å². The van der Waals surface area contributed by atoms with Gasteiger partial charge in [0, 0.05) is 17.1 Å². The number of fused-ring (bicyclic) bond motifs is 1. The molecule has 4 N–H and O–H groups in total. The van der Waals surface area contributed by atoms with Crippen molar-refractivity contribution < 1.29 is 33.9 Å². The zero-order valence-electron chi connectivity index (χ0n) is 16.3. The van der Waals surface area contributed by atoms with E-state index in [2.05, 4.69) is 0 Å². The average Bonchev–Trinajstić information content (AvgIpc) is 3.12. The maximum atomic E-state index is 12.8. The third kappa shape index (κ3) is 4.07. The van der Waals surface area contributed by atoms with E-state index < -0.39 is 43.7 Å². The van der Waals surface area contributed by atoms with Gasteiger partial charge in [0.1, 0.15) is 24.4 Å². The lowest BCUT2D eigenvalue weighted by Gasteiger charge is -2.40. The standard InChI is InChI=1S/C22H22ClF2NO5/c23-14-2-1-3-15-17(14)13(8-11-4-6-12(7-5-11)21(24)25)9-26(15)22-20(30)19(29)18(28)16(10-27)31-22/h1-7,9,16,18-22,27-30H,8,10H2/t16-,18-,19+,20-,22-/m1/s1. The first-order chi connectivity index (χ1) is 14.8. The maximum Gasteiger partial charge on any atom is 0.263 e. The van der Waals surface area contributed by atoms with Crippen LogP contribution in [0.5, 0.6) is 0 Å². The fraction of sp³-hybridized carbons (Fsp3) is 0.364. The van der Waals surface area contributed by atoms with Gasteiger partial charge in [0.15, 0.2) is 6.23 Å². The first kappa shape index (κ1) is 22.1. The zero-order valence-corrected chi connectivity index (χ0v) is 17.0. The summed E-state index contributed by atoms with van der Waals surface area (Å²) in [6.45, 7) is -0.537. The molecule has 0 radical (unpaired) electrons. The predicted molar refractivity (Wildman–Crippen MR) is 110 cm³/mol.